The summed E-state index contributed by atoms with van der Waals surface area (Å²) in [6, 6.07) is 9.78. The maximum atomic E-state index is 6.59. The fourth-order valence-corrected chi connectivity index (χ4v) is 4.63. The second-order valence-electron chi connectivity index (χ2n) is 4.05. The predicted molar refractivity (Wildman–Crippen MR) is 85.4 cm³/mol. The second kappa shape index (κ2) is 5.33. The third kappa shape index (κ3) is 2.48. The molecule has 1 unspecified atom stereocenters. The van der Waals surface area contributed by atoms with Gasteiger partial charge >= 0.3 is 0 Å². The molecule has 0 aliphatic rings. The molecule has 0 radical (unpaired) electrons. The van der Waals surface area contributed by atoms with Crippen molar-refractivity contribution < 1.29 is 4.74 Å². The number of hydrogen-bond acceptors (Lipinski definition) is 3. The first-order valence-electron chi connectivity index (χ1n) is 5.63. The van der Waals surface area contributed by atoms with Gasteiger partial charge in [0, 0.05) is 24.9 Å². The number of fused-ring (bicyclic) bond motifs is 1. The van der Waals surface area contributed by atoms with E-state index in [0.717, 1.165) is 16.2 Å². The van der Waals surface area contributed by atoms with Gasteiger partial charge in [0.15, 0.2) is 0 Å². The summed E-state index contributed by atoms with van der Waals surface area (Å²) in [5.41, 5.74) is 0.908. The Balaban J connectivity index is 2.05. The van der Waals surface area contributed by atoms with Crippen molar-refractivity contribution in [3.63, 3.8) is 0 Å². The van der Waals surface area contributed by atoms with E-state index in [0.29, 0.717) is 5.02 Å². The van der Waals surface area contributed by atoms with Gasteiger partial charge in [-0.3, -0.25) is 0 Å². The number of rotatable bonds is 3. The lowest BCUT2D eigenvalue weighted by Gasteiger charge is -2.13. The third-order valence-corrected chi connectivity index (χ3v) is 5.87. The number of thiophene rings is 2. The Labute approximate surface area is 129 Å². The minimum atomic E-state index is -0.238. The normalized spacial score (nSPS) is 12.8. The first kappa shape index (κ1) is 13.3. The average molecular weight is 329 g/mol. The molecule has 0 aliphatic carbocycles. The number of ether oxygens (including phenoxy) is 1. The molecule has 2 aromatic heterocycles. The van der Waals surface area contributed by atoms with Gasteiger partial charge in [-0.15, -0.1) is 34.3 Å². The van der Waals surface area contributed by atoms with Crippen molar-refractivity contribution in [2.24, 2.45) is 0 Å². The van der Waals surface area contributed by atoms with E-state index in [1.807, 2.05) is 12.1 Å². The van der Waals surface area contributed by atoms with Gasteiger partial charge in [0.25, 0.3) is 0 Å². The molecular formula is C14H10Cl2OS2. The minimum Gasteiger partial charge on any atom is -0.496 e. The smallest absolute Gasteiger partial charge is 0.124 e. The Morgan fingerprint density at radius 1 is 1.16 bits per heavy atom. The van der Waals surface area contributed by atoms with Crippen LogP contribution in [0.3, 0.4) is 0 Å². The number of alkyl halides is 1. The van der Waals surface area contributed by atoms with Crippen LogP contribution in [0.5, 0.6) is 5.75 Å². The van der Waals surface area contributed by atoms with E-state index in [9.17, 15) is 0 Å². The lowest BCUT2D eigenvalue weighted by atomic mass is 10.1. The number of hydrogen-bond donors (Lipinski definition) is 0. The first-order valence-corrected chi connectivity index (χ1v) is 8.14. The second-order valence-corrected chi connectivity index (χ2v) is 6.98. The highest BCUT2D eigenvalue weighted by Gasteiger charge is 2.19. The van der Waals surface area contributed by atoms with Crippen molar-refractivity contribution in [3.8, 4) is 5.75 Å². The molecular weight excluding hydrogens is 319 g/mol. The van der Waals surface area contributed by atoms with E-state index in [-0.39, 0.29) is 5.38 Å². The summed E-state index contributed by atoms with van der Waals surface area (Å²) >= 11 is 16.1. The molecule has 5 heteroatoms. The highest BCUT2D eigenvalue weighted by molar-refractivity contribution is 7.27. The average Bonchev–Trinajstić information content (AvgIpc) is 2.98. The van der Waals surface area contributed by atoms with Crippen LogP contribution in [0.15, 0.2) is 35.7 Å². The van der Waals surface area contributed by atoms with Crippen LogP contribution in [-0.2, 0) is 0 Å². The molecule has 0 saturated carbocycles. The SMILES string of the molecule is COc1ccc(Cl)cc1C(Cl)c1cc2sccc2s1. The van der Waals surface area contributed by atoms with Gasteiger partial charge in [-0.25, -0.2) is 0 Å². The molecule has 0 saturated heterocycles. The Hall–Kier alpha value is -0.740. The largest absolute Gasteiger partial charge is 0.496 e. The number of benzene rings is 1. The van der Waals surface area contributed by atoms with Crippen LogP contribution in [0, 0.1) is 0 Å². The minimum absolute atomic E-state index is 0.238. The van der Waals surface area contributed by atoms with Crippen LogP contribution in [0.4, 0.5) is 0 Å². The molecule has 19 heavy (non-hydrogen) atoms. The molecule has 0 spiro atoms. The maximum absolute atomic E-state index is 6.59. The van der Waals surface area contributed by atoms with E-state index >= 15 is 0 Å². The lowest BCUT2D eigenvalue weighted by molar-refractivity contribution is 0.410. The van der Waals surface area contributed by atoms with Crippen molar-refractivity contribution in [2.75, 3.05) is 7.11 Å². The zero-order chi connectivity index (χ0) is 13.4. The molecule has 2 heterocycles. The predicted octanol–water partition coefficient (Wildman–Crippen LogP) is 5.95. The molecule has 3 aromatic rings. The van der Waals surface area contributed by atoms with Crippen LogP contribution < -0.4 is 4.74 Å². The summed E-state index contributed by atoms with van der Waals surface area (Å²) in [4.78, 5) is 1.11. The summed E-state index contributed by atoms with van der Waals surface area (Å²) in [7, 11) is 1.64. The Morgan fingerprint density at radius 3 is 2.74 bits per heavy atom. The Kier molecular flexibility index (Phi) is 3.72. The van der Waals surface area contributed by atoms with Crippen molar-refractivity contribution in [1.29, 1.82) is 0 Å². The molecule has 1 atom stereocenters. The molecule has 0 amide bonds. The van der Waals surface area contributed by atoms with Crippen molar-refractivity contribution in [2.45, 2.75) is 5.38 Å². The van der Waals surface area contributed by atoms with Gasteiger partial charge in [0.2, 0.25) is 0 Å². The molecule has 0 bridgehead atoms. The van der Waals surface area contributed by atoms with Gasteiger partial charge in [0.05, 0.1) is 12.5 Å². The van der Waals surface area contributed by atoms with E-state index in [1.54, 1.807) is 35.8 Å². The highest BCUT2D eigenvalue weighted by atomic mass is 35.5. The van der Waals surface area contributed by atoms with Crippen molar-refractivity contribution >= 4 is 55.3 Å². The zero-order valence-electron chi connectivity index (χ0n) is 10.0. The van der Waals surface area contributed by atoms with E-state index in [1.165, 1.54) is 9.40 Å². The summed E-state index contributed by atoms with van der Waals surface area (Å²) in [6.45, 7) is 0. The Morgan fingerprint density at radius 2 is 2.00 bits per heavy atom. The monoisotopic (exact) mass is 328 g/mol. The van der Waals surface area contributed by atoms with Gasteiger partial charge in [-0.05, 0) is 35.7 Å². The van der Waals surface area contributed by atoms with Crippen LogP contribution in [0.25, 0.3) is 9.40 Å². The van der Waals surface area contributed by atoms with Crippen molar-refractivity contribution in [3.05, 3.63) is 51.2 Å². The van der Waals surface area contributed by atoms with Crippen LogP contribution >= 0.6 is 45.9 Å². The third-order valence-electron chi connectivity index (χ3n) is 2.87. The zero-order valence-corrected chi connectivity index (χ0v) is 13.2. The first-order chi connectivity index (χ1) is 9.19. The van der Waals surface area contributed by atoms with Crippen LogP contribution in [0.1, 0.15) is 15.8 Å². The van der Waals surface area contributed by atoms with Gasteiger partial charge in [0.1, 0.15) is 5.75 Å². The lowest BCUT2D eigenvalue weighted by Crippen LogP contribution is -1.95. The fraction of sp³-hybridized carbons (Fsp3) is 0.143. The summed E-state index contributed by atoms with van der Waals surface area (Å²) in [6.07, 6.45) is 0. The van der Waals surface area contributed by atoms with Gasteiger partial charge in [-0.1, -0.05) is 11.6 Å². The van der Waals surface area contributed by atoms with E-state index in [2.05, 4.69) is 17.5 Å². The Bertz CT molecular complexity index is 689. The molecule has 0 fully saturated rings. The summed E-state index contributed by atoms with van der Waals surface area (Å²) < 4.78 is 7.90. The summed E-state index contributed by atoms with van der Waals surface area (Å²) in [5, 5.41) is 2.52. The molecule has 3 rings (SSSR count). The standard InChI is InChI=1S/C14H10Cl2OS2/c1-17-10-3-2-8(15)6-9(10)14(16)13-7-12-11(19-13)4-5-18-12/h2-7,14H,1H3. The molecule has 0 aliphatic heterocycles. The number of methoxy groups -OCH3 is 1. The molecule has 1 nitrogen and oxygen atoms in total. The topological polar surface area (TPSA) is 9.23 Å². The van der Waals surface area contributed by atoms with Crippen LogP contribution in [0.2, 0.25) is 5.02 Å². The van der Waals surface area contributed by atoms with Gasteiger partial charge < -0.3 is 4.74 Å². The van der Waals surface area contributed by atoms with Gasteiger partial charge in [-0.2, -0.15) is 0 Å². The molecule has 0 N–H and O–H groups in total. The van der Waals surface area contributed by atoms with Crippen molar-refractivity contribution in [1.82, 2.24) is 0 Å². The molecule has 1 aromatic carbocycles. The quantitative estimate of drug-likeness (QED) is 0.539. The summed E-state index contributed by atoms with van der Waals surface area (Å²) in [5.74, 6) is 0.765. The van der Waals surface area contributed by atoms with Crippen LogP contribution in [-0.4, -0.2) is 7.11 Å². The highest BCUT2D eigenvalue weighted by Crippen LogP contribution is 2.42. The van der Waals surface area contributed by atoms with E-state index in [4.69, 9.17) is 27.9 Å². The molecule has 98 valence electrons. The van der Waals surface area contributed by atoms with E-state index < -0.39 is 0 Å². The fourth-order valence-electron chi connectivity index (χ4n) is 1.97. The maximum Gasteiger partial charge on any atom is 0.124 e. The number of halogens is 2.